The number of azide groups is 1. The van der Waals surface area contributed by atoms with Crippen molar-refractivity contribution >= 4 is 17.1 Å². The highest BCUT2D eigenvalue weighted by Gasteiger charge is 1.94. The summed E-state index contributed by atoms with van der Waals surface area (Å²) in [6, 6.07) is 3.91. The van der Waals surface area contributed by atoms with Crippen molar-refractivity contribution in [1.29, 1.82) is 0 Å². The Kier molecular flexibility index (Phi) is 2.67. The van der Waals surface area contributed by atoms with Gasteiger partial charge in [-0.25, -0.2) is 0 Å². The molecule has 0 spiro atoms. The molecule has 0 fully saturated rings. The van der Waals surface area contributed by atoms with Gasteiger partial charge in [0.15, 0.2) is 0 Å². The van der Waals surface area contributed by atoms with Gasteiger partial charge in [0.1, 0.15) is 0 Å². The largest absolute Gasteiger partial charge is 0.360 e. The van der Waals surface area contributed by atoms with E-state index in [0.717, 1.165) is 16.6 Å². The first kappa shape index (κ1) is 9.30. The summed E-state index contributed by atoms with van der Waals surface area (Å²) < 4.78 is 0. The van der Waals surface area contributed by atoms with Gasteiger partial charge in [-0.15, -0.1) is 0 Å². The molecule has 5 nitrogen and oxygen atoms in total. The predicted molar refractivity (Wildman–Crippen MR) is 59.1 cm³/mol. The van der Waals surface area contributed by atoms with Crippen molar-refractivity contribution in [2.45, 2.75) is 0 Å². The minimum atomic E-state index is 0.360. The quantitative estimate of drug-likeness (QED) is 0.460. The van der Waals surface area contributed by atoms with Crippen molar-refractivity contribution in [3.05, 3.63) is 46.6 Å². The first-order valence-corrected chi connectivity index (χ1v) is 4.50. The third-order valence-corrected chi connectivity index (χ3v) is 1.98. The number of hydrogen-bond acceptors (Lipinski definition) is 2. The van der Waals surface area contributed by atoms with Crippen molar-refractivity contribution in [1.82, 2.24) is 9.97 Å². The van der Waals surface area contributed by atoms with Crippen molar-refractivity contribution in [2.24, 2.45) is 5.11 Å². The van der Waals surface area contributed by atoms with E-state index < -0.39 is 0 Å². The Morgan fingerprint density at radius 3 is 3.40 bits per heavy atom. The monoisotopic (exact) mass is 199 g/mol. The fourth-order valence-corrected chi connectivity index (χ4v) is 1.31. The second-order valence-corrected chi connectivity index (χ2v) is 2.99. The van der Waals surface area contributed by atoms with E-state index in [9.17, 15) is 0 Å². The minimum Gasteiger partial charge on any atom is -0.360 e. The Morgan fingerprint density at radius 2 is 2.53 bits per heavy atom. The highest BCUT2D eigenvalue weighted by Crippen LogP contribution is 2.11. The lowest BCUT2D eigenvalue weighted by atomic mass is 10.2. The molecular formula is C10H9N5. The van der Waals surface area contributed by atoms with Gasteiger partial charge in [-0.3, -0.25) is 4.98 Å². The molecule has 0 aliphatic rings. The van der Waals surface area contributed by atoms with Crippen LogP contribution in [0, 0.1) is 0 Å². The maximum Gasteiger partial charge on any atom is 0.0879 e. The zero-order valence-electron chi connectivity index (χ0n) is 7.96. The molecule has 2 aromatic heterocycles. The Labute approximate surface area is 86.1 Å². The van der Waals surface area contributed by atoms with Crippen molar-refractivity contribution in [3.63, 3.8) is 0 Å². The van der Waals surface area contributed by atoms with E-state index >= 15 is 0 Å². The van der Waals surface area contributed by atoms with Crippen LogP contribution in [0.2, 0.25) is 0 Å². The number of pyridine rings is 1. The van der Waals surface area contributed by atoms with Gasteiger partial charge in [0.2, 0.25) is 0 Å². The zero-order valence-corrected chi connectivity index (χ0v) is 7.96. The van der Waals surface area contributed by atoms with E-state index in [1.165, 1.54) is 0 Å². The van der Waals surface area contributed by atoms with E-state index in [4.69, 9.17) is 5.53 Å². The molecule has 0 bridgehead atoms. The summed E-state index contributed by atoms with van der Waals surface area (Å²) in [5, 5.41) is 3.40. The maximum absolute atomic E-state index is 8.08. The molecule has 2 rings (SSSR count). The van der Waals surface area contributed by atoms with Gasteiger partial charge in [0.05, 0.1) is 11.0 Å². The number of nitrogens with one attached hydrogen (secondary N) is 1. The highest BCUT2D eigenvalue weighted by molar-refractivity contribution is 5.77. The van der Waals surface area contributed by atoms with Crippen LogP contribution < -0.4 is 0 Å². The van der Waals surface area contributed by atoms with Gasteiger partial charge in [0, 0.05) is 23.9 Å². The predicted octanol–water partition coefficient (Wildman–Crippen LogP) is 2.89. The summed E-state index contributed by atoms with van der Waals surface area (Å²) in [5.74, 6) is 0. The SMILES string of the molecule is [N-]=[N+]=NCC=Cc1cnc2cc[nH]c2c1. The number of hydrogen-bond donors (Lipinski definition) is 1. The summed E-state index contributed by atoms with van der Waals surface area (Å²) in [6.45, 7) is 0.360. The van der Waals surface area contributed by atoms with E-state index in [2.05, 4.69) is 20.0 Å². The van der Waals surface area contributed by atoms with Crippen LogP contribution in [0.3, 0.4) is 0 Å². The topological polar surface area (TPSA) is 77.4 Å². The molecule has 0 atom stereocenters. The Hall–Kier alpha value is -2.26. The first-order chi connectivity index (χ1) is 7.40. The van der Waals surface area contributed by atoms with Gasteiger partial charge < -0.3 is 4.98 Å². The molecular weight excluding hydrogens is 190 g/mol. The van der Waals surface area contributed by atoms with Crippen LogP contribution in [0.4, 0.5) is 0 Å². The van der Waals surface area contributed by atoms with Crippen molar-refractivity contribution in [2.75, 3.05) is 6.54 Å². The van der Waals surface area contributed by atoms with Gasteiger partial charge in [0.25, 0.3) is 0 Å². The molecule has 0 aromatic carbocycles. The summed E-state index contributed by atoms with van der Waals surface area (Å²) in [5.41, 5.74) is 11.0. The van der Waals surface area contributed by atoms with Gasteiger partial charge >= 0.3 is 0 Å². The van der Waals surface area contributed by atoms with Gasteiger partial charge in [-0.2, -0.15) is 0 Å². The molecule has 0 amide bonds. The van der Waals surface area contributed by atoms with E-state index in [0.29, 0.717) is 6.54 Å². The first-order valence-electron chi connectivity index (χ1n) is 4.50. The smallest absolute Gasteiger partial charge is 0.0879 e. The van der Waals surface area contributed by atoms with E-state index in [-0.39, 0.29) is 0 Å². The number of aromatic amines is 1. The van der Waals surface area contributed by atoms with Crippen LogP contribution in [-0.2, 0) is 0 Å². The van der Waals surface area contributed by atoms with E-state index in [1.807, 2.05) is 24.4 Å². The second kappa shape index (κ2) is 4.30. The third-order valence-electron chi connectivity index (χ3n) is 1.98. The van der Waals surface area contributed by atoms with Crippen LogP contribution in [-0.4, -0.2) is 16.5 Å². The molecule has 15 heavy (non-hydrogen) atoms. The molecule has 0 aliphatic carbocycles. The maximum atomic E-state index is 8.08. The van der Waals surface area contributed by atoms with Crippen molar-refractivity contribution in [3.8, 4) is 0 Å². The molecule has 1 N–H and O–H groups in total. The number of nitrogens with zero attached hydrogens (tertiary/aromatic N) is 4. The Morgan fingerprint density at radius 1 is 1.60 bits per heavy atom. The molecule has 0 saturated heterocycles. The van der Waals surface area contributed by atoms with Crippen molar-refractivity contribution < 1.29 is 0 Å². The summed E-state index contributed by atoms with van der Waals surface area (Å²) in [7, 11) is 0. The number of aromatic nitrogens is 2. The molecule has 0 saturated carbocycles. The van der Waals surface area contributed by atoms with Gasteiger partial charge in [-0.05, 0) is 23.2 Å². The Bertz CT molecular complexity index is 533. The van der Waals surface area contributed by atoms with Gasteiger partial charge in [-0.1, -0.05) is 17.3 Å². The van der Waals surface area contributed by atoms with Crippen LogP contribution in [0.15, 0.2) is 35.7 Å². The lowest BCUT2D eigenvalue weighted by Gasteiger charge is -1.92. The fraction of sp³-hybridized carbons (Fsp3) is 0.100. The summed E-state index contributed by atoms with van der Waals surface area (Å²) in [6.07, 6.45) is 7.31. The van der Waals surface area contributed by atoms with Crippen LogP contribution in [0.25, 0.3) is 27.6 Å². The molecule has 0 radical (unpaired) electrons. The second-order valence-electron chi connectivity index (χ2n) is 2.99. The molecule has 0 unspecified atom stereocenters. The normalized spacial score (nSPS) is 10.7. The van der Waals surface area contributed by atoms with Crippen LogP contribution in [0.1, 0.15) is 5.56 Å². The molecule has 0 aliphatic heterocycles. The average molecular weight is 199 g/mol. The summed E-state index contributed by atoms with van der Waals surface area (Å²) in [4.78, 5) is 10.00. The number of rotatable bonds is 3. The third kappa shape index (κ3) is 2.15. The summed E-state index contributed by atoms with van der Waals surface area (Å²) >= 11 is 0. The molecule has 74 valence electrons. The van der Waals surface area contributed by atoms with E-state index in [1.54, 1.807) is 12.3 Å². The minimum absolute atomic E-state index is 0.360. The number of fused-ring (bicyclic) bond motifs is 1. The molecule has 5 heteroatoms. The standard InChI is InChI=1S/C10H9N5/c11-15-14-4-1-2-8-6-10-9(13-7-8)3-5-12-10/h1-3,5-7,12H,4H2. The highest BCUT2D eigenvalue weighted by atomic mass is 15.1. The Balaban J connectivity index is 2.20. The fourth-order valence-electron chi connectivity index (χ4n) is 1.31. The van der Waals surface area contributed by atoms with Crippen LogP contribution in [0.5, 0.6) is 0 Å². The lowest BCUT2D eigenvalue weighted by Crippen LogP contribution is -1.78. The zero-order chi connectivity index (χ0) is 10.5. The lowest BCUT2D eigenvalue weighted by molar-refractivity contribution is 1.22. The molecule has 2 heterocycles. The number of H-pyrrole nitrogens is 1. The average Bonchev–Trinajstić information content (AvgIpc) is 2.71. The van der Waals surface area contributed by atoms with Crippen LogP contribution >= 0.6 is 0 Å². The molecule has 2 aromatic rings.